The number of methoxy groups -OCH3 is 1. The highest BCUT2D eigenvalue weighted by Crippen LogP contribution is 2.43. The topological polar surface area (TPSA) is 223 Å². The van der Waals surface area contributed by atoms with Crippen LogP contribution in [-0.2, 0) is 10.1 Å². The number of rotatable bonds is 7. The van der Waals surface area contributed by atoms with Gasteiger partial charge in [-0.2, -0.15) is 13.5 Å². The molecule has 14 heteroatoms. The number of ether oxygens (including phenoxy) is 1. The SMILES string of the molecule is COc1cc(/N=N/c2cccc(C(=O)O)c2)c(N)cc1/N=N/c1c(S(=O)(=O)O)cc2ccc(N)cc2c1O. The first-order valence-corrected chi connectivity index (χ1v) is 12.1. The minimum atomic E-state index is -4.80. The summed E-state index contributed by atoms with van der Waals surface area (Å²) < 4.78 is 39.1. The number of benzene rings is 4. The predicted octanol–water partition coefficient (Wildman–Crippen LogP) is 5.49. The Morgan fingerprint density at radius 2 is 1.66 bits per heavy atom. The zero-order valence-corrected chi connectivity index (χ0v) is 20.4. The van der Waals surface area contributed by atoms with Gasteiger partial charge in [-0.05, 0) is 47.9 Å². The lowest BCUT2D eigenvalue weighted by Crippen LogP contribution is -1.99. The third-order valence-electron chi connectivity index (χ3n) is 5.31. The van der Waals surface area contributed by atoms with Gasteiger partial charge in [0.2, 0.25) is 0 Å². The number of nitrogens with two attached hydrogens (primary N) is 2. The van der Waals surface area contributed by atoms with E-state index in [1.165, 1.54) is 55.6 Å². The van der Waals surface area contributed by atoms with E-state index >= 15 is 0 Å². The first-order chi connectivity index (χ1) is 18.0. The van der Waals surface area contributed by atoms with Gasteiger partial charge >= 0.3 is 5.97 Å². The summed E-state index contributed by atoms with van der Waals surface area (Å²) in [6.07, 6.45) is 0. The molecule has 0 aromatic heterocycles. The van der Waals surface area contributed by atoms with Crippen molar-refractivity contribution in [2.45, 2.75) is 4.90 Å². The standard InChI is InChI=1S/C24H20N6O7S/c1-37-20-11-18(28-27-15-4-2-3-13(7-15)24(32)33)17(26)10-19(20)29-30-22-21(38(34,35)36)8-12-5-6-14(25)9-16(12)23(22)31/h2-11,31H,25-26H2,1H3,(H,32,33)(H,34,35,36)/b28-27+,30-29+. The molecule has 4 aromatic carbocycles. The summed E-state index contributed by atoms with van der Waals surface area (Å²) in [6, 6.07) is 14.1. The highest BCUT2D eigenvalue weighted by atomic mass is 32.2. The molecule has 0 saturated heterocycles. The number of hydrogen-bond donors (Lipinski definition) is 5. The van der Waals surface area contributed by atoms with Crippen LogP contribution in [0, 0.1) is 0 Å². The Morgan fingerprint density at radius 1 is 0.921 bits per heavy atom. The van der Waals surface area contributed by atoms with Crippen LogP contribution in [0.4, 0.5) is 34.1 Å². The zero-order chi connectivity index (χ0) is 27.6. The van der Waals surface area contributed by atoms with Crippen molar-refractivity contribution in [2.24, 2.45) is 20.5 Å². The molecule has 0 aliphatic carbocycles. The molecule has 7 N–H and O–H groups in total. The molecular formula is C24H20N6O7S. The molecule has 0 amide bonds. The van der Waals surface area contributed by atoms with Gasteiger partial charge in [-0.1, -0.05) is 12.1 Å². The van der Waals surface area contributed by atoms with Crippen molar-refractivity contribution in [3.05, 3.63) is 66.2 Å². The number of anilines is 2. The zero-order valence-electron chi connectivity index (χ0n) is 19.6. The highest BCUT2D eigenvalue weighted by molar-refractivity contribution is 7.86. The molecule has 0 fully saturated rings. The molecule has 0 atom stereocenters. The molecule has 4 rings (SSSR count). The lowest BCUT2D eigenvalue weighted by atomic mass is 10.1. The van der Waals surface area contributed by atoms with Crippen LogP contribution in [0.3, 0.4) is 0 Å². The molecule has 0 aliphatic heterocycles. The van der Waals surface area contributed by atoms with E-state index in [0.717, 1.165) is 6.07 Å². The minimum Gasteiger partial charge on any atom is -0.505 e. The molecule has 13 nitrogen and oxygen atoms in total. The second-order valence-corrected chi connectivity index (χ2v) is 9.26. The molecule has 0 aliphatic rings. The predicted molar refractivity (Wildman–Crippen MR) is 139 cm³/mol. The summed E-state index contributed by atoms with van der Waals surface area (Å²) in [4.78, 5) is 10.5. The number of aromatic carboxylic acids is 1. The number of carbonyl (C=O) groups is 1. The Bertz CT molecular complexity index is 1750. The summed E-state index contributed by atoms with van der Waals surface area (Å²) >= 11 is 0. The number of phenols is 1. The second-order valence-electron chi connectivity index (χ2n) is 7.87. The lowest BCUT2D eigenvalue weighted by Gasteiger charge is -2.10. The van der Waals surface area contributed by atoms with Gasteiger partial charge in [0.25, 0.3) is 10.1 Å². The van der Waals surface area contributed by atoms with Gasteiger partial charge in [0, 0.05) is 17.1 Å². The largest absolute Gasteiger partial charge is 0.505 e. The number of carboxylic acid groups (broad SMARTS) is 1. The number of fused-ring (bicyclic) bond motifs is 1. The summed E-state index contributed by atoms with van der Waals surface area (Å²) in [5, 5.41) is 36.2. The van der Waals surface area contributed by atoms with Crippen LogP contribution < -0.4 is 16.2 Å². The maximum Gasteiger partial charge on any atom is 0.335 e. The van der Waals surface area contributed by atoms with Crippen LogP contribution in [0.25, 0.3) is 10.8 Å². The second kappa shape index (κ2) is 10.1. The van der Waals surface area contributed by atoms with E-state index in [1.54, 1.807) is 6.07 Å². The molecule has 4 aromatic rings. The van der Waals surface area contributed by atoms with E-state index in [2.05, 4.69) is 20.5 Å². The number of phenolic OH excluding ortho intramolecular Hbond substituents is 1. The van der Waals surface area contributed by atoms with E-state index in [-0.39, 0.29) is 39.4 Å². The van der Waals surface area contributed by atoms with Gasteiger partial charge in [0.1, 0.15) is 27.7 Å². The Kier molecular flexibility index (Phi) is 6.92. The molecule has 194 valence electrons. The summed E-state index contributed by atoms with van der Waals surface area (Å²) in [5.41, 5.74) is 12.3. The van der Waals surface area contributed by atoms with Crippen LogP contribution >= 0.6 is 0 Å². The fourth-order valence-electron chi connectivity index (χ4n) is 3.47. The molecular weight excluding hydrogens is 516 g/mol. The number of carboxylic acids is 1. The van der Waals surface area contributed by atoms with E-state index in [4.69, 9.17) is 21.3 Å². The van der Waals surface area contributed by atoms with Crippen LogP contribution in [0.1, 0.15) is 10.4 Å². The average Bonchev–Trinajstić information content (AvgIpc) is 2.87. The molecule has 38 heavy (non-hydrogen) atoms. The number of azo groups is 2. The maximum absolute atomic E-state index is 12.0. The van der Waals surface area contributed by atoms with Crippen LogP contribution in [0.5, 0.6) is 11.5 Å². The molecule has 0 heterocycles. The monoisotopic (exact) mass is 536 g/mol. The Balaban J connectivity index is 1.76. The first-order valence-electron chi connectivity index (χ1n) is 10.6. The van der Waals surface area contributed by atoms with Crippen molar-refractivity contribution in [3.8, 4) is 11.5 Å². The third kappa shape index (κ3) is 5.35. The van der Waals surface area contributed by atoms with Crippen LogP contribution in [-0.4, -0.2) is 36.3 Å². The smallest absolute Gasteiger partial charge is 0.335 e. The van der Waals surface area contributed by atoms with Crippen molar-refractivity contribution in [3.63, 3.8) is 0 Å². The van der Waals surface area contributed by atoms with Gasteiger partial charge in [-0.15, -0.1) is 15.3 Å². The normalized spacial score (nSPS) is 11.9. The van der Waals surface area contributed by atoms with Gasteiger partial charge in [0.05, 0.1) is 24.0 Å². The highest BCUT2D eigenvalue weighted by Gasteiger charge is 2.22. The van der Waals surface area contributed by atoms with Gasteiger partial charge < -0.3 is 26.4 Å². The molecule has 0 radical (unpaired) electrons. The first kappa shape index (κ1) is 26.0. The van der Waals surface area contributed by atoms with E-state index in [0.29, 0.717) is 11.1 Å². The molecule has 0 spiro atoms. The number of nitrogens with zero attached hydrogens (tertiary/aromatic N) is 4. The number of hydrogen-bond acceptors (Lipinski definition) is 11. The summed E-state index contributed by atoms with van der Waals surface area (Å²) in [6.45, 7) is 0. The van der Waals surface area contributed by atoms with Crippen molar-refractivity contribution in [2.75, 3.05) is 18.6 Å². The van der Waals surface area contributed by atoms with Gasteiger partial charge in [0.15, 0.2) is 5.75 Å². The molecule has 0 saturated carbocycles. The summed E-state index contributed by atoms with van der Waals surface area (Å²) in [7, 11) is -3.46. The Morgan fingerprint density at radius 3 is 2.34 bits per heavy atom. The molecule has 0 bridgehead atoms. The molecule has 0 unspecified atom stereocenters. The third-order valence-corrected chi connectivity index (χ3v) is 6.17. The average molecular weight is 537 g/mol. The summed E-state index contributed by atoms with van der Waals surface area (Å²) in [5.74, 6) is -1.56. The van der Waals surface area contributed by atoms with Crippen molar-refractivity contribution >= 4 is 61.0 Å². The van der Waals surface area contributed by atoms with Crippen molar-refractivity contribution < 1.29 is 32.7 Å². The van der Waals surface area contributed by atoms with Crippen LogP contribution in [0.2, 0.25) is 0 Å². The van der Waals surface area contributed by atoms with E-state index in [9.17, 15) is 22.9 Å². The van der Waals surface area contributed by atoms with Crippen LogP contribution in [0.15, 0.2) is 86.0 Å². The van der Waals surface area contributed by atoms with Crippen molar-refractivity contribution in [1.82, 2.24) is 0 Å². The van der Waals surface area contributed by atoms with Gasteiger partial charge in [-0.25, -0.2) is 4.79 Å². The fraction of sp³-hybridized carbons (Fsp3) is 0.0417. The number of nitrogen functional groups attached to an aromatic ring is 2. The van der Waals surface area contributed by atoms with E-state index in [1.807, 2.05) is 0 Å². The number of aromatic hydroxyl groups is 1. The Labute approximate surface area is 215 Å². The van der Waals surface area contributed by atoms with Gasteiger partial charge in [-0.3, -0.25) is 4.55 Å². The Hall–Kier alpha value is -5.08. The van der Waals surface area contributed by atoms with Crippen molar-refractivity contribution in [1.29, 1.82) is 0 Å². The van der Waals surface area contributed by atoms with E-state index < -0.39 is 32.4 Å². The quantitative estimate of drug-likeness (QED) is 0.114. The fourth-order valence-corrected chi connectivity index (χ4v) is 4.13. The lowest BCUT2D eigenvalue weighted by molar-refractivity contribution is 0.0697. The minimum absolute atomic E-state index is 0.0339. The maximum atomic E-state index is 12.0.